The number of ether oxygens (including phenoxy) is 4. The second kappa shape index (κ2) is 13.2. The first-order valence-electron chi connectivity index (χ1n) is 14.7. The van der Waals surface area contributed by atoms with E-state index < -0.39 is 12.1 Å². The Labute approximate surface area is 259 Å². The van der Waals surface area contributed by atoms with Crippen LogP contribution in [0, 0.1) is 0 Å². The molecular weight excluding hydrogens is 580 g/mol. The number of nitrogens with zero attached hydrogens (tertiary/aromatic N) is 2. The number of carbonyl (C=O) groups is 3. The first-order valence-corrected chi connectivity index (χ1v) is 14.7. The number of benzene rings is 3. The van der Waals surface area contributed by atoms with Gasteiger partial charge in [0, 0.05) is 36.5 Å². The number of aromatic nitrogens is 1. The Morgan fingerprint density at radius 3 is 2.67 bits per heavy atom. The van der Waals surface area contributed by atoms with Crippen LogP contribution in [0.4, 0.5) is 0 Å². The Kier molecular flexibility index (Phi) is 8.72. The Hall–Kier alpha value is -5.26. The smallest absolute Gasteiger partial charge is 0.258 e. The van der Waals surface area contributed by atoms with Gasteiger partial charge in [-0.1, -0.05) is 23.4 Å². The summed E-state index contributed by atoms with van der Waals surface area (Å²) in [5.74, 6) is 1.24. The third-order valence-corrected chi connectivity index (χ3v) is 7.99. The molecule has 5 aliphatic heterocycles. The lowest BCUT2D eigenvalue weighted by atomic mass is 10.1. The molecule has 0 saturated carbocycles. The van der Waals surface area contributed by atoms with Crippen molar-refractivity contribution in [1.29, 1.82) is 0 Å². The van der Waals surface area contributed by atoms with Crippen LogP contribution in [0.5, 0.6) is 23.0 Å². The van der Waals surface area contributed by atoms with E-state index in [4.69, 9.17) is 23.5 Å². The summed E-state index contributed by atoms with van der Waals surface area (Å²) in [6.07, 6.45) is 0.248. The van der Waals surface area contributed by atoms with Crippen molar-refractivity contribution in [2.75, 3.05) is 33.9 Å². The van der Waals surface area contributed by atoms with E-state index in [2.05, 4.69) is 15.8 Å². The highest BCUT2D eigenvalue weighted by Gasteiger charge is 2.38. The topological polar surface area (TPSA) is 141 Å². The van der Waals surface area contributed by atoms with Crippen molar-refractivity contribution in [2.45, 2.75) is 38.0 Å². The molecular formula is C33H34N4O8. The van der Waals surface area contributed by atoms with E-state index in [0.29, 0.717) is 40.7 Å². The highest BCUT2D eigenvalue weighted by Crippen LogP contribution is 2.30. The van der Waals surface area contributed by atoms with Crippen molar-refractivity contribution >= 4 is 28.7 Å². The summed E-state index contributed by atoms with van der Waals surface area (Å²) in [4.78, 5) is 40.9. The number of nitrogens with one attached hydrogen (secondary N) is 2. The molecule has 6 heterocycles. The van der Waals surface area contributed by atoms with Crippen LogP contribution in [0.15, 0.2) is 65.2 Å². The van der Waals surface area contributed by atoms with E-state index in [1.807, 2.05) is 30.3 Å². The summed E-state index contributed by atoms with van der Waals surface area (Å²) in [6, 6.07) is 17.5. The van der Waals surface area contributed by atoms with Crippen LogP contribution in [0.3, 0.4) is 0 Å². The number of rotatable bonds is 4. The number of amides is 3. The lowest BCUT2D eigenvalue weighted by molar-refractivity contribution is -0.130. The molecule has 9 rings (SSSR count). The molecule has 5 aliphatic rings. The fraction of sp³-hybridized carbons (Fsp3) is 0.333. The van der Waals surface area contributed by atoms with Gasteiger partial charge in [-0.3, -0.25) is 14.4 Å². The highest BCUT2D eigenvalue weighted by atomic mass is 16.5. The van der Waals surface area contributed by atoms with Crippen molar-refractivity contribution < 1.29 is 37.9 Å². The summed E-state index contributed by atoms with van der Waals surface area (Å²) in [6.45, 7) is 0.461. The summed E-state index contributed by atoms with van der Waals surface area (Å²) in [7, 11) is 3.07. The minimum atomic E-state index is -0.568. The van der Waals surface area contributed by atoms with Gasteiger partial charge < -0.3 is 39.0 Å². The minimum absolute atomic E-state index is 0.0392. The predicted molar refractivity (Wildman–Crippen MR) is 162 cm³/mol. The van der Waals surface area contributed by atoms with Gasteiger partial charge >= 0.3 is 0 Å². The van der Waals surface area contributed by atoms with E-state index >= 15 is 0 Å². The van der Waals surface area contributed by atoms with Crippen LogP contribution in [0.2, 0.25) is 0 Å². The summed E-state index contributed by atoms with van der Waals surface area (Å²) in [5.41, 5.74) is 2.83. The van der Waals surface area contributed by atoms with E-state index in [-0.39, 0.29) is 56.8 Å². The maximum Gasteiger partial charge on any atom is 0.258 e. The predicted octanol–water partition coefficient (Wildman–Crippen LogP) is 2.80. The zero-order chi connectivity index (χ0) is 31.3. The molecule has 12 heteroatoms. The lowest BCUT2D eigenvalue weighted by Gasteiger charge is -2.22. The molecule has 234 valence electrons. The molecule has 2 N–H and O–H groups in total. The second-order valence-electron chi connectivity index (χ2n) is 11.0. The molecule has 4 bridgehead atoms. The average Bonchev–Trinajstić information content (AvgIpc) is 3.65. The molecule has 0 spiro atoms. The normalized spacial score (nSPS) is 18.8. The molecule has 1 fully saturated rings. The van der Waals surface area contributed by atoms with Crippen molar-refractivity contribution in [1.82, 2.24) is 20.7 Å². The number of hydrogen-bond acceptors (Lipinski definition) is 9. The van der Waals surface area contributed by atoms with Crippen LogP contribution in [0.1, 0.15) is 23.2 Å². The van der Waals surface area contributed by atoms with Gasteiger partial charge in [0.1, 0.15) is 23.3 Å². The summed E-state index contributed by atoms with van der Waals surface area (Å²) < 4.78 is 28.6. The number of carbonyl (C=O) groups excluding carboxylic acids is 3. The third-order valence-electron chi connectivity index (χ3n) is 7.99. The summed E-state index contributed by atoms with van der Waals surface area (Å²) >= 11 is 0. The number of fused-ring (bicyclic) bond motifs is 1. The van der Waals surface area contributed by atoms with Gasteiger partial charge in [-0.25, -0.2) is 0 Å². The van der Waals surface area contributed by atoms with Gasteiger partial charge in [-0.05, 0) is 48.4 Å². The average molecular weight is 615 g/mol. The van der Waals surface area contributed by atoms with Crippen molar-refractivity contribution in [2.24, 2.45) is 0 Å². The van der Waals surface area contributed by atoms with E-state index in [1.54, 1.807) is 42.3 Å². The zero-order valence-corrected chi connectivity index (χ0v) is 25.0. The minimum Gasteiger partial charge on any atom is -0.496 e. The third kappa shape index (κ3) is 6.79. The first-order chi connectivity index (χ1) is 21.9. The quantitative estimate of drug-likeness (QED) is 0.355. The first kappa shape index (κ1) is 29.8. The molecule has 45 heavy (non-hydrogen) atoms. The fourth-order valence-electron chi connectivity index (χ4n) is 5.59. The second-order valence-corrected chi connectivity index (χ2v) is 11.0. The Morgan fingerprint density at radius 2 is 1.82 bits per heavy atom. The Bertz CT molecular complexity index is 1720. The van der Waals surface area contributed by atoms with Gasteiger partial charge in [0.25, 0.3) is 5.91 Å². The monoisotopic (exact) mass is 614 g/mol. The van der Waals surface area contributed by atoms with Crippen molar-refractivity contribution in [3.63, 3.8) is 0 Å². The molecule has 0 radical (unpaired) electrons. The van der Waals surface area contributed by atoms with Gasteiger partial charge in [0.05, 0.1) is 33.2 Å². The number of hydrogen-bond donors (Lipinski definition) is 2. The van der Waals surface area contributed by atoms with Crippen molar-refractivity contribution in [3.05, 3.63) is 77.5 Å². The SMILES string of the molecule is COc1cc2ccc1CNC(=O)CCc1ccc(c(OC)c1)OCC(=O)N[C@@H]1CN(C(=O)Cc3noc4ccccc34)C[C@H]1O2. The van der Waals surface area contributed by atoms with E-state index in [0.717, 1.165) is 16.5 Å². The van der Waals surface area contributed by atoms with Crippen LogP contribution in [0.25, 0.3) is 11.0 Å². The number of likely N-dealkylation sites (tertiary alicyclic amines) is 1. The maximum absolute atomic E-state index is 13.5. The van der Waals surface area contributed by atoms with Crippen LogP contribution in [-0.4, -0.2) is 73.8 Å². The highest BCUT2D eigenvalue weighted by molar-refractivity contribution is 5.86. The van der Waals surface area contributed by atoms with Gasteiger partial charge in [0.2, 0.25) is 11.8 Å². The molecule has 4 aromatic rings. The molecule has 1 saturated heterocycles. The summed E-state index contributed by atoms with van der Waals surface area (Å²) in [5, 5.41) is 10.8. The fourth-order valence-corrected chi connectivity index (χ4v) is 5.59. The number of methoxy groups -OCH3 is 2. The molecule has 0 unspecified atom stereocenters. The molecule has 12 nitrogen and oxygen atoms in total. The maximum atomic E-state index is 13.5. The van der Waals surface area contributed by atoms with Crippen molar-refractivity contribution in [3.8, 4) is 23.0 Å². The van der Waals surface area contributed by atoms with Gasteiger partial charge in [-0.2, -0.15) is 0 Å². The zero-order valence-electron chi connectivity index (χ0n) is 25.0. The van der Waals surface area contributed by atoms with E-state index in [9.17, 15) is 14.4 Å². The van der Waals surface area contributed by atoms with Gasteiger partial charge in [-0.15, -0.1) is 0 Å². The lowest BCUT2D eigenvalue weighted by Crippen LogP contribution is -2.47. The molecule has 3 amide bonds. The van der Waals surface area contributed by atoms with Crippen LogP contribution < -0.4 is 29.6 Å². The van der Waals surface area contributed by atoms with Crippen LogP contribution >= 0.6 is 0 Å². The van der Waals surface area contributed by atoms with E-state index in [1.165, 1.54) is 7.11 Å². The molecule has 1 aromatic heterocycles. The Balaban J connectivity index is 1.25. The Morgan fingerprint density at radius 1 is 0.978 bits per heavy atom. The molecule has 0 aliphatic carbocycles. The molecule has 2 atom stereocenters. The largest absolute Gasteiger partial charge is 0.496 e. The molecule has 3 aromatic carbocycles. The standard InChI is InChI=1S/C33H34N4O8/c1-41-28-14-22-10-9-21(28)16-34-31(38)12-8-20-7-11-27(29(13-20)42-2)43-19-32(39)35-25-17-37(18-30(25)44-22)33(40)15-24-23-5-3-4-6-26(23)45-36-24/h3-7,9-11,13-14,25,30H,8,12,15-19H2,1-2H3,(H,34,38)(H,35,39)/t25-,30-/m1/s1. The number of aryl methyl sites for hydroxylation is 1. The van der Waals surface area contributed by atoms with Gasteiger partial charge in [0.15, 0.2) is 23.7 Å². The van der Waals surface area contributed by atoms with Crippen LogP contribution in [-0.2, 0) is 33.8 Å². The number of para-hydroxylation sites is 1.